The smallest absolute Gasteiger partial charge is 0.261 e. The molecule has 0 aliphatic carbocycles. The van der Waals surface area contributed by atoms with Crippen LogP contribution < -0.4 is 5.32 Å². The summed E-state index contributed by atoms with van der Waals surface area (Å²) in [7, 11) is 0. The summed E-state index contributed by atoms with van der Waals surface area (Å²) < 4.78 is 19.2. The fourth-order valence-electron chi connectivity index (χ4n) is 2.42. The van der Waals surface area contributed by atoms with Crippen molar-refractivity contribution >= 4 is 11.6 Å². The van der Waals surface area contributed by atoms with Gasteiger partial charge in [-0.15, -0.1) is 0 Å². The highest BCUT2D eigenvalue weighted by Crippen LogP contribution is 2.28. The Morgan fingerprint density at radius 3 is 2.90 bits per heavy atom. The van der Waals surface area contributed by atoms with Gasteiger partial charge in [0.1, 0.15) is 0 Å². The zero-order valence-electron chi connectivity index (χ0n) is 11.6. The number of nitrogens with zero attached hydrogens (tertiary/aromatic N) is 3. The van der Waals surface area contributed by atoms with E-state index in [4.69, 9.17) is 16.1 Å². The Balaban J connectivity index is 1.84. The van der Waals surface area contributed by atoms with Crippen LogP contribution in [0.5, 0.6) is 0 Å². The summed E-state index contributed by atoms with van der Waals surface area (Å²) in [6, 6.07) is 4.76. The van der Waals surface area contributed by atoms with Crippen molar-refractivity contribution in [1.82, 2.24) is 20.4 Å². The topological polar surface area (TPSA) is 54.2 Å². The highest BCUT2D eigenvalue weighted by molar-refractivity contribution is 6.31. The number of nitrogens with one attached hydrogen (secondary N) is 1. The lowest BCUT2D eigenvalue weighted by molar-refractivity contribution is 0.176. The van der Waals surface area contributed by atoms with Crippen molar-refractivity contribution in [2.75, 3.05) is 26.2 Å². The van der Waals surface area contributed by atoms with Gasteiger partial charge in [0.05, 0.1) is 16.6 Å². The molecule has 1 fully saturated rings. The van der Waals surface area contributed by atoms with E-state index in [1.807, 2.05) is 6.92 Å². The molecule has 0 spiro atoms. The van der Waals surface area contributed by atoms with Crippen LogP contribution in [0.4, 0.5) is 4.39 Å². The largest absolute Gasteiger partial charge is 0.334 e. The van der Waals surface area contributed by atoms with Crippen LogP contribution in [0, 0.1) is 5.82 Å². The first-order valence-corrected chi connectivity index (χ1v) is 7.27. The highest BCUT2D eigenvalue weighted by atomic mass is 35.5. The monoisotopic (exact) mass is 310 g/mol. The van der Waals surface area contributed by atoms with Gasteiger partial charge in [-0.2, -0.15) is 4.98 Å². The molecule has 3 rings (SSSR count). The summed E-state index contributed by atoms with van der Waals surface area (Å²) >= 11 is 5.77. The van der Waals surface area contributed by atoms with Crippen LogP contribution in [0.15, 0.2) is 22.7 Å². The molecule has 0 bridgehead atoms. The number of hydrogen-bond donors (Lipinski definition) is 1. The third kappa shape index (κ3) is 2.92. The number of rotatable bonds is 3. The molecule has 0 radical (unpaired) electrons. The van der Waals surface area contributed by atoms with Crippen LogP contribution in [0.1, 0.15) is 18.8 Å². The molecular formula is C14H16ClFN4O. The first-order chi connectivity index (χ1) is 10.2. The molecule has 1 atom stereocenters. The summed E-state index contributed by atoms with van der Waals surface area (Å²) in [6.07, 6.45) is 0. The molecule has 1 aromatic carbocycles. The van der Waals surface area contributed by atoms with E-state index in [9.17, 15) is 4.39 Å². The molecular weight excluding hydrogens is 295 g/mol. The van der Waals surface area contributed by atoms with E-state index in [1.165, 1.54) is 6.07 Å². The van der Waals surface area contributed by atoms with Crippen LogP contribution in [0.25, 0.3) is 11.5 Å². The number of halogens is 2. The summed E-state index contributed by atoms with van der Waals surface area (Å²) in [5.41, 5.74) is 0.230. The van der Waals surface area contributed by atoms with Gasteiger partial charge in [-0.05, 0) is 19.1 Å². The van der Waals surface area contributed by atoms with Crippen molar-refractivity contribution in [3.8, 4) is 11.5 Å². The number of piperazine rings is 1. The SMILES string of the molecule is CC(c1noc(-c2cccc(Cl)c2F)n1)N1CCNCC1. The maximum atomic E-state index is 14.0. The van der Waals surface area contributed by atoms with Crippen LogP contribution in [-0.2, 0) is 0 Å². The molecule has 1 aromatic heterocycles. The minimum atomic E-state index is -0.538. The Bertz CT molecular complexity index is 627. The molecule has 7 heteroatoms. The van der Waals surface area contributed by atoms with Crippen LogP contribution in [0.3, 0.4) is 0 Å². The summed E-state index contributed by atoms with van der Waals surface area (Å²) in [6.45, 7) is 5.76. The second kappa shape index (κ2) is 6.09. The molecule has 1 aliphatic heterocycles. The molecule has 5 nitrogen and oxygen atoms in total. The van der Waals surface area contributed by atoms with Gasteiger partial charge >= 0.3 is 0 Å². The van der Waals surface area contributed by atoms with Gasteiger partial charge in [-0.1, -0.05) is 22.8 Å². The van der Waals surface area contributed by atoms with Crippen molar-refractivity contribution in [2.45, 2.75) is 13.0 Å². The molecule has 1 saturated heterocycles. The van der Waals surface area contributed by atoms with Gasteiger partial charge in [-0.25, -0.2) is 4.39 Å². The van der Waals surface area contributed by atoms with Gasteiger partial charge in [0, 0.05) is 26.2 Å². The van der Waals surface area contributed by atoms with Gasteiger partial charge in [0.25, 0.3) is 5.89 Å². The van der Waals surface area contributed by atoms with Gasteiger partial charge in [0.2, 0.25) is 0 Å². The van der Waals surface area contributed by atoms with E-state index in [2.05, 4.69) is 20.4 Å². The highest BCUT2D eigenvalue weighted by Gasteiger charge is 2.23. The molecule has 21 heavy (non-hydrogen) atoms. The predicted molar refractivity (Wildman–Crippen MR) is 77.6 cm³/mol. The Labute approximate surface area is 127 Å². The first kappa shape index (κ1) is 14.4. The average molecular weight is 311 g/mol. The van der Waals surface area contributed by atoms with Crippen LogP contribution >= 0.6 is 11.6 Å². The maximum absolute atomic E-state index is 14.0. The van der Waals surface area contributed by atoms with E-state index >= 15 is 0 Å². The average Bonchev–Trinajstić information content (AvgIpc) is 3.00. The van der Waals surface area contributed by atoms with Crippen molar-refractivity contribution in [1.29, 1.82) is 0 Å². The minimum absolute atomic E-state index is 0.0341. The Hall–Kier alpha value is -1.50. The van der Waals surface area contributed by atoms with Crippen LogP contribution in [0.2, 0.25) is 5.02 Å². The molecule has 1 aliphatic rings. The van der Waals surface area contributed by atoms with Gasteiger partial charge in [-0.3, -0.25) is 4.90 Å². The Morgan fingerprint density at radius 2 is 2.14 bits per heavy atom. The lowest BCUT2D eigenvalue weighted by Crippen LogP contribution is -2.44. The second-order valence-corrected chi connectivity index (χ2v) is 5.43. The van der Waals surface area contributed by atoms with Crippen LogP contribution in [-0.4, -0.2) is 41.2 Å². The third-order valence-corrected chi connectivity index (χ3v) is 3.99. The van der Waals surface area contributed by atoms with Crippen molar-refractivity contribution in [3.05, 3.63) is 34.9 Å². The van der Waals surface area contributed by atoms with Gasteiger partial charge < -0.3 is 9.84 Å². The molecule has 0 amide bonds. The van der Waals surface area contributed by atoms with E-state index < -0.39 is 5.82 Å². The standard InChI is InChI=1S/C14H16ClFN4O/c1-9(20-7-5-17-6-8-20)13-18-14(21-19-13)10-3-2-4-11(15)12(10)16/h2-4,9,17H,5-8H2,1H3. The van der Waals surface area contributed by atoms with E-state index in [-0.39, 0.29) is 22.5 Å². The lowest BCUT2D eigenvalue weighted by Gasteiger charge is -2.30. The maximum Gasteiger partial charge on any atom is 0.261 e. The summed E-state index contributed by atoms with van der Waals surface area (Å²) in [5, 5.41) is 7.32. The van der Waals surface area contributed by atoms with Gasteiger partial charge in [0.15, 0.2) is 11.6 Å². The number of benzene rings is 1. The third-order valence-electron chi connectivity index (χ3n) is 3.70. The zero-order valence-corrected chi connectivity index (χ0v) is 12.4. The summed E-state index contributed by atoms with van der Waals surface area (Å²) in [4.78, 5) is 6.58. The predicted octanol–water partition coefficient (Wildman–Crippen LogP) is 2.50. The molecule has 2 aromatic rings. The number of aromatic nitrogens is 2. The Kier molecular flexibility index (Phi) is 4.19. The summed E-state index contributed by atoms with van der Waals surface area (Å²) in [5.74, 6) is 0.183. The molecule has 2 heterocycles. The molecule has 112 valence electrons. The quantitative estimate of drug-likeness (QED) is 0.944. The molecule has 1 N–H and O–H groups in total. The number of hydrogen-bond acceptors (Lipinski definition) is 5. The fourth-order valence-corrected chi connectivity index (χ4v) is 2.59. The zero-order chi connectivity index (χ0) is 14.8. The van der Waals surface area contributed by atoms with Crippen molar-refractivity contribution in [2.24, 2.45) is 0 Å². The molecule has 0 saturated carbocycles. The second-order valence-electron chi connectivity index (χ2n) is 5.02. The molecule has 1 unspecified atom stereocenters. The van der Waals surface area contributed by atoms with Crippen molar-refractivity contribution < 1.29 is 8.91 Å². The Morgan fingerprint density at radius 1 is 1.38 bits per heavy atom. The minimum Gasteiger partial charge on any atom is -0.334 e. The van der Waals surface area contributed by atoms with E-state index in [1.54, 1.807) is 12.1 Å². The lowest BCUT2D eigenvalue weighted by atomic mass is 10.2. The normalized spacial score (nSPS) is 17.9. The van der Waals surface area contributed by atoms with E-state index in [0.717, 1.165) is 26.2 Å². The van der Waals surface area contributed by atoms with E-state index in [0.29, 0.717) is 5.82 Å². The fraction of sp³-hybridized carbons (Fsp3) is 0.429. The first-order valence-electron chi connectivity index (χ1n) is 6.89. The van der Waals surface area contributed by atoms with Crippen molar-refractivity contribution in [3.63, 3.8) is 0 Å².